The molecular formula is C12H10N2S2. The highest BCUT2D eigenvalue weighted by atomic mass is 32.1. The molecule has 0 N–H and O–H groups in total. The molecule has 16 heavy (non-hydrogen) atoms. The molecule has 3 rings (SSSR count). The van der Waals surface area contributed by atoms with E-state index in [1.807, 2.05) is 47.8 Å². The second-order valence-electron chi connectivity index (χ2n) is 4.04. The fourth-order valence-corrected chi connectivity index (χ4v) is 3.08. The minimum Gasteiger partial charge on any atom is -0.349 e. The molecule has 2 nitrogen and oxygen atoms in total. The van der Waals surface area contributed by atoms with Crippen molar-refractivity contribution in [2.24, 2.45) is 14.1 Å². The summed E-state index contributed by atoms with van der Waals surface area (Å²) >= 11 is 11.1. The predicted molar refractivity (Wildman–Crippen MR) is 72.4 cm³/mol. The molecule has 2 aromatic rings. The van der Waals surface area contributed by atoms with Crippen molar-refractivity contribution >= 4 is 34.2 Å². The Morgan fingerprint density at radius 3 is 1.56 bits per heavy atom. The SMILES string of the molecule is Cn1ccc2c1C(=S)c1ccn(C)c1C2=S. The number of rotatable bonds is 0. The molecule has 0 atom stereocenters. The van der Waals surface area contributed by atoms with Gasteiger partial charge in [0.05, 0.1) is 21.1 Å². The number of nitrogens with zero attached hydrogens (tertiary/aromatic N) is 2. The summed E-state index contributed by atoms with van der Waals surface area (Å²) in [6, 6.07) is 4.08. The Bertz CT molecular complexity index is 575. The second-order valence-corrected chi connectivity index (χ2v) is 4.85. The number of hydrogen-bond acceptors (Lipinski definition) is 2. The minimum absolute atomic E-state index is 0.895. The Balaban J connectivity index is 2.38. The zero-order valence-corrected chi connectivity index (χ0v) is 10.7. The first kappa shape index (κ1) is 9.93. The van der Waals surface area contributed by atoms with E-state index in [-0.39, 0.29) is 0 Å². The lowest BCUT2D eigenvalue weighted by Crippen LogP contribution is -2.21. The van der Waals surface area contributed by atoms with Crippen LogP contribution in [0.5, 0.6) is 0 Å². The highest BCUT2D eigenvalue weighted by molar-refractivity contribution is 7.82. The average molecular weight is 246 g/mol. The maximum Gasteiger partial charge on any atom is 0.0714 e. The molecule has 0 aromatic carbocycles. The molecule has 0 saturated carbocycles. The van der Waals surface area contributed by atoms with Crippen LogP contribution < -0.4 is 0 Å². The number of fused-ring (bicyclic) bond motifs is 2. The fourth-order valence-electron chi connectivity index (χ4n) is 2.25. The molecule has 1 aliphatic carbocycles. The Labute approximate surface area is 104 Å². The lowest BCUT2D eigenvalue weighted by molar-refractivity contribution is 0.905. The van der Waals surface area contributed by atoms with Crippen molar-refractivity contribution in [3.8, 4) is 0 Å². The summed E-state index contributed by atoms with van der Waals surface area (Å²) in [6.45, 7) is 0. The summed E-state index contributed by atoms with van der Waals surface area (Å²) in [5.74, 6) is 0. The normalized spacial score (nSPS) is 13.9. The van der Waals surface area contributed by atoms with Crippen molar-refractivity contribution in [2.45, 2.75) is 0 Å². The van der Waals surface area contributed by atoms with Gasteiger partial charge in [0.1, 0.15) is 0 Å². The van der Waals surface area contributed by atoms with E-state index < -0.39 is 0 Å². The van der Waals surface area contributed by atoms with Crippen molar-refractivity contribution in [3.05, 3.63) is 47.0 Å². The molecule has 1 aliphatic rings. The van der Waals surface area contributed by atoms with E-state index in [9.17, 15) is 0 Å². The highest BCUT2D eigenvalue weighted by Gasteiger charge is 2.28. The highest BCUT2D eigenvalue weighted by Crippen LogP contribution is 2.29. The van der Waals surface area contributed by atoms with Gasteiger partial charge in [0.2, 0.25) is 0 Å². The average Bonchev–Trinajstić information content (AvgIpc) is 2.80. The Morgan fingerprint density at radius 2 is 1.19 bits per heavy atom. The van der Waals surface area contributed by atoms with E-state index in [0.717, 1.165) is 32.2 Å². The first-order valence-electron chi connectivity index (χ1n) is 5.01. The number of hydrogen-bond donors (Lipinski definition) is 0. The van der Waals surface area contributed by atoms with Gasteiger partial charge in [-0.25, -0.2) is 0 Å². The Hall–Kier alpha value is -1.26. The molecule has 0 amide bonds. The van der Waals surface area contributed by atoms with Gasteiger partial charge in [0.15, 0.2) is 0 Å². The van der Waals surface area contributed by atoms with Gasteiger partial charge >= 0.3 is 0 Å². The lowest BCUT2D eigenvalue weighted by Gasteiger charge is -2.18. The lowest BCUT2D eigenvalue weighted by atomic mass is 9.95. The van der Waals surface area contributed by atoms with Gasteiger partial charge in [-0.1, -0.05) is 24.4 Å². The van der Waals surface area contributed by atoms with Crippen LogP contribution in [-0.2, 0) is 14.1 Å². The molecule has 80 valence electrons. The van der Waals surface area contributed by atoms with Crippen molar-refractivity contribution in [2.75, 3.05) is 0 Å². The predicted octanol–water partition coefficient (Wildman–Crippen LogP) is 2.21. The van der Waals surface area contributed by atoms with Crippen molar-refractivity contribution in [1.82, 2.24) is 9.13 Å². The summed E-state index contributed by atoms with van der Waals surface area (Å²) < 4.78 is 4.08. The molecule has 0 saturated heterocycles. The molecule has 0 radical (unpaired) electrons. The van der Waals surface area contributed by atoms with Gasteiger partial charge in [-0.2, -0.15) is 0 Å². The molecule has 2 aromatic heterocycles. The summed E-state index contributed by atoms with van der Waals surface area (Å²) in [4.78, 5) is 1.79. The summed E-state index contributed by atoms with van der Waals surface area (Å²) in [7, 11) is 4.00. The molecule has 0 fully saturated rings. The number of thiocarbonyl (C=S) groups is 2. The van der Waals surface area contributed by atoms with Gasteiger partial charge in [-0.3, -0.25) is 0 Å². The monoisotopic (exact) mass is 246 g/mol. The topological polar surface area (TPSA) is 9.86 Å². The summed E-state index contributed by atoms with van der Waals surface area (Å²) in [5, 5.41) is 0. The third-order valence-electron chi connectivity index (χ3n) is 3.06. The number of aromatic nitrogens is 2. The van der Waals surface area contributed by atoms with Crippen molar-refractivity contribution < 1.29 is 0 Å². The van der Waals surface area contributed by atoms with Gasteiger partial charge in [0.25, 0.3) is 0 Å². The van der Waals surface area contributed by atoms with E-state index in [4.69, 9.17) is 24.4 Å². The van der Waals surface area contributed by atoms with Gasteiger partial charge in [0, 0.05) is 37.6 Å². The second kappa shape index (κ2) is 3.12. The van der Waals surface area contributed by atoms with Crippen LogP contribution in [0.2, 0.25) is 0 Å². The van der Waals surface area contributed by atoms with Crippen LogP contribution in [0.1, 0.15) is 22.5 Å². The van der Waals surface area contributed by atoms with Crippen LogP contribution >= 0.6 is 24.4 Å². The van der Waals surface area contributed by atoms with E-state index in [2.05, 4.69) is 0 Å². The quantitative estimate of drug-likeness (QED) is 0.563. The zero-order chi connectivity index (χ0) is 11.4. The maximum atomic E-state index is 5.53. The van der Waals surface area contributed by atoms with Gasteiger partial charge in [-0.05, 0) is 12.1 Å². The van der Waals surface area contributed by atoms with E-state index in [0.29, 0.717) is 0 Å². The number of aryl methyl sites for hydroxylation is 2. The van der Waals surface area contributed by atoms with Crippen molar-refractivity contribution in [3.63, 3.8) is 0 Å². The Kier molecular flexibility index (Phi) is 1.94. The molecule has 0 aliphatic heterocycles. The molecule has 2 heterocycles. The van der Waals surface area contributed by atoms with Gasteiger partial charge < -0.3 is 9.13 Å². The molecule has 4 heteroatoms. The molecular weight excluding hydrogens is 236 g/mol. The van der Waals surface area contributed by atoms with Crippen LogP contribution in [0, 0.1) is 0 Å². The van der Waals surface area contributed by atoms with Crippen LogP contribution in [-0.4, -0.2) is 18.9 Å². The van der Waals surface area contributed by atoms with E-state index >= 15 is 0 Å². The van der Waals surface area contributed by atoms with Crippen LogP contribution in [0.25, 0.3) is 0 Å². The smallest absolute Gasteiger partial charge is 0.0714 e. The molecule has 0 bridgehead atoms. The van der Waals surface area contributed by atoms with Crippen LogP contribution in [0.3, 0.4) is 0 Å². The fraction of sp³-hybridized carbons (Fsp3) is 0.167. The third-order valence-corrected chi connectivity index (χ3v) is 3.89. The minimum atomic E-state index is 0.895. The maximum absolute atomic E-state index is 5.53. The standard InChI is InChI=1S/C12H10N2S2/c1-13-5-3-7-9(13)11(15)8-4-6-14(2)10(8)12(7)16/h3-6H,1-2H3. The molecule has 0 spiro atoms. The summed E-state index contributed by atoms with van der Waals surface area (Å²) in [5.41, 5.74) is 4.30. The third kappa shape index (κ3) is 1.06. The molecule has 0 unspecified atom stereocenters. The van der Waals surface area contributed by atoms with Crippen LogP contribution in [0.4, 0.5) is 0 Å². The van der Waals surface area contributed by atoms with Crippen molar-refractivity contribution in [1.29, 1.82) is 0 Å². The van der Waals surface area contributed by atoms with Gasteiger partial charge in [-0.15, -0.1) is 0 Å². The largest absolute Gasteiger partial charge is 0.349 e. The summed E-state index contributed by atoms with van der Waals surface area (Å²) in [6.07, 6.45) is 4.02. The van der Waals surface area contributed by atoms with E-state index in [1.165, 1.54) is 0 Å². The van der Waals surface area contributed by atoms with Crippen LogP contribution in [0.15, 0.2) is 24.5 Å². The first-order chi connectivity index (χ1) is 7.61. The Morgan fingerprint density at radius 1 is 0.812 bits per heavy atom. The first-order valence-corrected chi connectivity index (χ1v) is 5.83. The zero-order valence-electron chi connectivity index (χ0n) is 9.02. The van der Waals surface area contributed by atoms with E-state index in [1.54, 1.807) is 0 Å².